The molecule has 0 amide bonds. The van der Waals surface area contributed by atoms with E-state index in [2.05, 4.69) is 21.0 Å². The van der Waals surface area contributed by atoms with Crippen LogP contribution < -0.4 is 5.56 Å². The van der Waals surface area contributed by atoms with E-state index in [0.717, 1.165) is 21.3 Å². The van der Waals surface area contributed by atoms with Gasteiger partial charge in [-0.25, -0.2) is 4.68 Å². The summed E-state index contributed by atoms with van der Waals surface area (Å²) in [6, 6.07) is 19.3. The van der Waals surface area contributed by atoms with Crippen molar-refractivity contribution in [3.63, 3.8) is 0 Å². The molecule has 0 bridgehead atoms. The van der Waals surface area contributed by atoms with Crippen LogP contribution in [0.2, 0.25) is 0 Å². The normalized spacial score (nSPS) is 10.6. The fraction of sp³-hybridized carbons (Fsp3) is 0.111. The maximum Gasteiger partial charge on any atom is 0.267 e. The molecule has 0 N–H and O–H groups in total. The Morgan fingerprint density at radius 2 is 1.82 bits per heavy atom. The zero-order valence-electron chi connectivity index (χ0n) is 12.2. The summed E-state index contributed by atoms with van der Waals surface area (Å²) in [5.41, 5.74) is 3.93. The van der Waals surface area contributed by atoms with Gasteiger partial charge in [-0.15, -0.1) is 0 Å². The molecule has 3 nitrogen and oxygen atoms in total. The molecule has 3 rings (SSSR count). The average Bonchev–Trinajstić information content (AvgIpc) is 2.52. The van der Waals surface area contributed by atoms with E-state index in [-0.39, 0.29) is 5.56 Å². The van der Waals surface area contributed by atoms with Gasteiger partial charge in [-0.05, 0) is 30.7 Å². The second-order valence-electron chi connectivity index (χ2n) is 5.21. The lowest BCUT2D eigenvalue weighted by atomic mass is 10.1. The van der Waals surface area contributed by atoms with Crippen molar-refractivity contribution in [1.29, 1.82) is 0 Å². The topological polar surface area (TPSA) is 34.9 Å². The molecule has 1 aromatic heterocycles. The van der Waals surface area contributed by atoms with E-state index in [0.29, 0.717) is 6.54 Å². The van der Waals surface area contributed by atoms with Crippen molar-refractivity contribution < 1.29 is 0 Å². The molecule has 0 saturated heterocycles. The maximum absolute atomic E-state index is 12.0. The minimum atomic E-state index is -0.0979. The number of rotatable bonds is 3. The molecule has 0 aliphatic rings. The van der Waals surface area contributed by atoms with E-state index in [1.807, 2.05) is 55.5 Å². The molecule has 0 aliphatic carbocycles. The monoisotopic (exact) mass is 354 g/mol. The highest BCUT2D eigenvalue weighted by Crippen LogP contribution is 2.20. The second-order valence-corrected chi connectivity index (χ2v) is 6.13. The quantitative estimate of drug-likeness (QED) is 0.711. The van der Waals surface area contributed by atoms with Crippen molar-refractivity contribution in [2.45, 2.75) is 13.5 Å². The summed E-state index contributed by atoms with van der Waals surface area (Å²) in [5, 5.41) is 4.48. The summed E-state index contributed by atoms with van der Waals surface area (Å²) in [6.07, 6.45) is 0. The van der Waals surface area contributed by atoms with E-state index in [4.69, 9.17) is 0 Å². The van der Waals surface area contributed by atoms with Gasteiger partial charge in [0.05, 0.1) is 12.2 Å². The molecule has 0 fully saturated rings. The molecule has 0 atom stereocenters. The summed E-state index contributed by atoms with van der Waals surface area (Å²) in [7, 11) is 0. The van der Waals surface area contributed by atoms with Crippen LogP contribution in [0.1, 0.15) is 11.1 Å². The van der Waals surface area contributed by atoms with Gasteiger partial charge in [0.1, 0.15) is 0 Å². The first-order valence-electron chi connectivity index (χ1n) is 7.01. The van der Waals surface area contributed by atoms with Crippen molar-refractivity contribution in [2.75, 3.05) is 0 Å². The third kappa shape index (κ3) is 3.34. The number of aromatic nitrogens is 2. The molecule has 0 radical (unpaired) electrons. The lowest BCUT2D eigenvalue weighted by molar-refractivity contribution is 0.642. The summed E-state index contributed by atoms with van der Waals surface area (Å²) < 4.78 is 2.49. The SMILES string of the molecule is Cc1ccc(Cn2nc(-c3cccc(Br)c3)ccc2=O)cc1. The molecule has 110 valence electrons. The summed E-state index contributed by atoms with van der Waals surface area (Å²) in [4.78, 5) is 12.0. The molecule has 0 unspecified atom stereocenters. The van der Waals surface area contributed by atoms with Gasteiger partial charge in [0.2, 0.25) is 0 Å². The third-order valence-electron chi connectivity index (χ3n) is 3.44. The highest BCUT2D eigenvalue weighted by molar-refractivity contribution is 9.10. The van der Waals surface area contributed by atoms with Crippen LogP contribution in [0.4, 0.5) is 0 Å². The molecule has 0 spiro atoms. The van der Waals surface area contributed by atoms with Crippen LogP contribution in [0.25, 0.3) is 11.3 Å². The summed E-state index contributed by atoms with van der Waals surface area (Å²) in [6.45, 7) is 2.52. The number of nitrogens with zero attached hydrogens (tertiary/aromatic N) is 2. The van der Waals surface area contributed by atoms with Gasteiger partial charge in [0.15, 0.2) is 0 Å². The standard InChI is InChI=1S/C18H15BrN2O/c1-13-5-7-14(8-6-13)12-21-18(22)10-9-17(20-21)15-3-2-4-16(19)11-15/h2-11H,12H2,1H3. The summed E-state index contributed by atoms with van der Waals surface area (Å²) >= 11 is 3.46. The van der Waals surface area contributed by atoms with Crippen LogP contribution in [0.3, 0.4) is 0 Å². The van der Waals surface area contributed by atoms with Gasteiger partial charge in [-0.1, -0.05) is 57.9 Å². The molecule has 3 aromatic rings. The van der Waals surface area contributed by atoms with Crippen LogP contribution in [-0.4, -0.2) is 9.78 Å². The number of aryl methyl sites for hydroxylation is 1. The first-order chi connectivity index (χ1) is 10.6. The fourth-order valence-corrected chi connectivity index (χ4v) is 2.63. The summed E-state index contributed by atoms with van der Waals surface area (Å²) in [5.74, 6) is 0. The lowest BCUT2D eigenvalue weighted by Crippen LogP contribution is -2.22. The van der Waals surface area contributed by atoms with Gasteiger partial charge in [0, 0.05) is 16.1 Å². The predicted molar refractivity (Wildman–Crippen MR) is 91.9 cm³/mol. The minimum absolute atomic E-state index is 0.0979. The highest BCUT2D eigenvalue weighted by Gasteiger charge is 2.05. The van der Waals surface area contributed by atoms with E-state index in [9.17, 15) is 4.79 Å². The molecule has 22 heavy (non-hydrogen) atoms. The number of halogens is 1. The van der Waals surface area contributed by atoms with Gasteiger partial charge < -0.3 is 0 Å². The van der Waals surface area contributed by atoms with Crippen molar-refractivity contribution in [2.24, 2.45) is 0 Å². The van der Waals surface area contributed by atoms with E-state index < -0.39 is 0 Å². The minimum Gasteiger partial charge on any atom is -0.268 e. The number of benzene rings is 2. The number of hydrogen-bond donors (Lipinski definition) is 0. The lowest BCUT2D eigenvalue weighted by Gasteiger charge is -2.08. The highest BCUT2D eigenvalue weighted by atomic mass is 79.9. The van der Waals surface area contributed by atoms with E-state index in [1.165, 1.54) is 10.2 Å². The second kappa shape index (κ2) is 6.28. The molecule has 0 saturated carbocycles. The number of hydrogen-bond acceptors (Lipinski definition) is 2. The third-order valence-corrected chi connectivity index (χ3v) is 3.93. The molecule has 0 aliphatic heterocycles. The van der Waals surface area contributed by atoms with Crippen LogP contribution in [-0.2, 0) is 6.54 Å². The van der Waals surface area contributed by atoms with Crippen LogP contribution in [0, 0.1) is 6.92 Å². The zero-order valence-corrected chi connectivity index (χ0v) is 13.7. The van der Waals surface area contributed by atoms with Crippen molar-refractivity contribution >= 4 is 15.9 Å². The maximum atomic E-state index is 12.0. The first-order valence-corrected chi connectivity index (χ1v) is 7.81. The molecular formula is C18H15BrN2O. The zero-order chi connectivity index (χ0) is 15.5. The van der Waals surface area contributed by atoms with Gasteiger partial charge in [-0.3, -0.25) is 4.79 Å². The van der Waals surface area contributed by atoms with Crippen molar-refractivity contribution in [3.8, 4) is 11.3 Å². The van der Waals surface area contributed by atoms with E-state index in [1.54, 1.807) is 12.1 Å². The molecular weight excluding hydrogens is 340 g/mol. The van der Waals surface area contributed by atoms with Gasteiger partial charge >= 0.3 is 0 Å². The fourth-order valence-electron chi connectivity index (χ4n) is 2.23. The largest absolute Gasteiger partial charge is 0.268 e. The smallest absolute Gasteiger partial charge is 0.267 e. The Kier molecular flexibility index (Phi) is 4.20. The Morgan fingerprint density at radius 3 is 2.55 bits per heavy atom. The Morgan fingerprint density at radius 1 is 1.05 bits per heavy atom. The van der Waals surface area contributed by atoms with Crippen molar-refractivity contribution in [1.82, 2.24) is 9.78 Å². The van der Waals surface area contributed by atoms with Crippen LogP contribution >= 0.6 is 15.9 Å². The average molecular weight is 355 g/mol. The molecule has 1 heterocycles. The molecule has 2 aromatic carbocycles. The van der Waals surface area contributed by atoms with E-state index >= 15 is 0 Å². The molecule has 4 heteroatoms. The van der Waals surface area contributed by atoms with Gasteiger partial charge in [-0.2, -0.15) is 5.10 Å². The van der Waals surface area contributed by atoms with Crippen LogP contribution in [0.5, 0.6) is 0 Å². The first kappa shape index (κ1) is 14.7. The van der Waals surface area contributed by atoms with Gasteiger partial charge in [0.25, 0.3) is 5.56 Å². The Bertz CT molecular complexity index is 853. The Labute approximate surface area is 137 Å². The Balaban J connectivity index is 1.96. The predicted octanol–water partition coefficient (Wildman–Crippen LogP) is 4.03. The Hall–Kier alpha value is -2.20. The van der Waals surface area contributed by atoms with Crippen LogP contribution in [0.15, 0.2) is 69.9 Å². The van der Waals surface area contributed by atoms with Crippen molar-refractivity contribution in [3.05, 3.63) is 86.6 Å².